The Kier molecular flexibility index (Phi) is 2.80. The lowest BCUT2D eigenvalue weighted by atomic mass is 10.3. The normalized spacial score (nSPS) is 14.9. The summed E-state index contributed by atoms with van der Waals surface area (Å²) in [5.41, 5.74) is 0.0493. The molecule has 1 aliphatic carbocycles. The highest BCUT2D eigenvalue weighted by molar-refractivity contribution is 5.54. The van der Waals surface area contributed by atoms with Crippen LogP contribution >= 0.6 is 0 Å². The monoisotopic (exact) mass is 207 g/mol. The third-order valence-corrected chi connectivity index (χ3v) is 2.53. The molecular formula is C10H13N3O2. The Hall–Kier alpha value is -1.65. The van der Waals surface area contributed by atoms with Crippen molar-refractivity contribution in [3.8, 4) is 0 Å². The van der Waals surface area contributed by atoms with Gasteiger partial charge in [0.1, 0.15) is 0 Å². The molecule has 1 N–H and O–H groups in total. The maximum atomic E-state index is 10.7. The van der Waals surface area contributed by atoms with E-state index in [1.807, 2.05) is 0 Å². The summed E-state index contributed by atoms with van der Waals surface area (Å²) in [6.45, 7) is 0.766. The third kappa shape index (κ3) is 2.65. The average Bonchev–Trinajstić information content (AvgIpc) is 3.02. The second-order valence-electron chi connectivity index (χ2n) is 3.79. The van der Waals surface area contributed by atoms with Crippen molar-refractivity contribution >= 4 is 11.5 Å². The largest absolute Gasteiger partial charge is 0.364 e. The van der Waals surface area contributed by atoms with E-state index in [2.05, 4.69) is 10.3 Å². The summed E-state index contributed by atoms with van der Waals surface area (Å²) < 4.78 is 0. The lowest BCUT2D eigenvalue weighted by molar-refractivity contribution is -0.384. The van der Waals surface area contributed by atoms with E-state index in [-0.39, 0.29) is 5.69 Å². The third-order valence-electron chi connectivity index (χ3n) is 2.53. The zero-order chi connectivity index (χ0) is 10.7. The minimum atomic E-state index is -0.410. The Labute approximate surface area is 87.7 Å². The SMILES string of the molecule is O=[N+]([O-])c1cccnc1NCCC1CC1. The number of rotatable bonds is 5. The molecule has 0 amide bonds. The molecule has 0 aromatic carbocycles. The van der Waals surface area contributed by atoms with Crippen LogP contribution in [0.25, 0.3) is 0 Å². The standard InChI is InChI=1S/C10H13N3O2/c14-13(15)9-2-1-6-11-10(9)12-7-5-8-3-4-8/h1-2,6,8H,3-5,7H2,(H,11,12). The van der Waals surface area contributed by atoms with E-state index < -0.39 is 4.92 Å². The van der Waals surface area contributed by atoms with Crippen molar-refractivity contribution in [1.29, 1.82) is 0 Å². The minimum absolute atomic E-state index is 0.0493. The van der Waals surface area contributed by atoms with Crippen molar-refractivity contribution in [3.63, 3.8) is 0 Å². The highest BCUT2D eigenvalue weighted by Crippen LogP contribution is 2.32. The summed E-state index contributed by atoms with van der Waals surface area (Å²) in [4.78, 5) is 14.2. The quantitative estimate of drug-likeness (QED) is 0.593. The van der Waals surface area contributed by atoms with Gasteiger partial charge >= 0.3 is 5.69 Å². The summed E-state index contributed by atoms with van der Waals surface area (Å²) in [5, 5.41) is 13.7. The van der Waals surface area contributed by atoms with Gasteiger partial charge in [0.15, 0.2) is 0 Å². The van der Waals surface area contributed by atoms with Crippen LogP contribution in [-0.2, 0) is 0 Å². The molecule has 1 aromatic heterocycles. The summed E-state index contributed by atoms with van der Waals surface area (Å²) in [6, 6.07) is 3.04. The van der Waals surface area contributed by atoms with Crippen molar-refractivity contribution in [2.24, 2.45) is 5.92 Å². The molecule has 80 valence electrons. The van der Waals surface area contributed by atoms with Crippen LogP contribution in [0.15, 0.2) is 18.3 Å². The molecule has 0 radical (unpaired) electrons. The summed E-state index contributed by atoms with van der Waals surface area (Å²) in [6.07, 6.45) is 5.23. The fourth-order valence-corrected chi connectivity index (χ4v) is 1.48. The highest BCUT2D eigenvalue weighted by Gasteiger charge is 2.21. The maximum absolute atomic E-state index is 10.7. The van der Waals surface area contributed by atoms with Gasteiger partial charge in [-0.25, -0.2) is 4.98 Å². The first-order valence-corrected chi connectivity index (χ1v) is 5.10. The summed E-state index contributed by atoms with van der Waals surface area (Å²) in [7, 11) is 0. The number of nitro groups is 1. The lowest BCUT2D eigenvalue weighted by Crippen LogP contribution is -2.06. The van der Waals surface area contributed by atoms with E-state index in [1.54, 1.807) is 12.3 Å². The first kappa shape index (κ1) is 9.89. The second-order valence-corrected chi connectivity index (χ2v) is 3.79. The Morgan fingerprint density at radius 2 is 2.40 bits per heavy atom. The number of pyridine rings is 1. The molecule has 0 aliphatic heterocycles. The lowest BCUT2D eigenvalue weighted by Gasteiger charge is -2.04. The van der Waals surface area contributed by atoms with E-state index in [0.717, 1.165) is 18.9 Å². The van der Waals surface area contributed by atoms with Crippen molar-refractivity contribution in [1.82, 2.24) is 4.98 Å². The van der Waals surface area contributed by atoms with Crippen LogP contribution in [0.5, 0.6) is 0 Å². The molecule has 0 saturated heterocycles. The Morgan fingerprint density at radius 3 is 3.07 bits per heavy atom. The average molecular weight is 207 g/mol. The van der Waals surface area contributed by atoms with Crippen LogP contribution in [0.3, 0.4) is 0 Å². The topological polar surface area (TPSA) is 68.1 Å². The molecule has 1 aromatic rings. The Balaban J connectivity index is 1.95. The molecule has 0 unspecified atom stereocenters. The van der Waals surface area contributed by atoms with Crippen LogP contribution in [0.2, 0.25) is 0 Å². The number of aromatic nitrogens is 1. The number of nitrogens with one attached hydrogen (secondary N) is 1. The van der Waals surface area contributed by atoms with Crippen LogP contribution in [0, 0.1) is 16.0 Å². The first-order chi connectivity index (χ1) is 7.27. The maximum Gasteiger partial charge on any atom is 0.311 e. The van der Waals surface area contributed by atoms with Gasteiger partial charge in [0, 0.05) is 18.8 Å². The summed E-state index contributed by atoms with van der Waals surface area (Å²) in [5.74, 6) is 1.20. The van der Waals surface area contributed by atoms with E-state index in [0.29, 0.717) is 5.82 Å². The predicted molar refractivity (Wildman–Crippen MR) is 56.7 cm³/mol. The minimum Gasteiger partial charge on any atom is -0.364 e. The molecule has 5 heteroatoms. The van der Waals surface area contributed by atoms with Gasteiger partial charge < -0.3 is 5.32 Å². The van der Waals surface area contributed by atoms with Crippen LogP contribution < -0.4 is 5.32 Å². The fourth-order valence-electron chi connectivity index (χ4n) is 1.48. The molecule has 5 nitrogen and oxygen atoms in total. The van der Waals surface area contributed by atoms with E-state index in [1.165, 1.54) is 18.9 Å². The smallest absolute Gasteiger partial charge is 0.311 e. The molecule has 2 rings (SSSR count). The molecule has 1 saturated carbocycles. The molecule has 0 spiro atoms. The van der Waals surface area contributed by atoms with Crippen molar-refractivity contribution in [3.05, 3.63) is 28.4 Å². The van der Waals surface area contributed by atoms with Crippen LogP contribution in [-0.4, -0.2) is 16.5 Å². The van der Waals surface area contributed by atoms with Gasteiger partial charge in [-0.2, -0.15) is 0 Å². The van der Waals surface area contributed by atoms with Crippen LogP contribution in [0.1, 0.15) is 19.3 Å². The van der Waals surface area contributed by atoms with E-state index >= 15 is 0 Å². The Bertz CT molecular complexity index is 363. The molecule has 1 heterocycles. The van der Waals surface area contributed by atoms with E-state index in [4.69, 9.17) is 0 Å². The molecular weight excluding hydrogens is 194 g/mol. The highest BCUT2D eigenvalue weighted by atomic mass is 16.6. The first-order valence-electron chi connectivity index (χ1n) is 5.10. The number of hydrogen-bond acceptors (Lipinski definition) is 4. The molecule has 1 aliphatic rings. The van der Waals surface area contributed by atoms with Crippen molar-refractivity contribution in [2.75, 3.05) is 11.9 Å². The van der Waals surface area contributed by atoms with E-state index in [9.17, 15) is 10.1 Å². The fraction of sp³-hybridized carbons (Fsp3) is 0.500. The predicted octanol–water partition coefficient (Wildman–Crippen LogP) is 2.20. The van der Waals surface area contributed by atoms with Crippen LogP contribution in [0.4, 0.5) is 11.5 Å². The van der Waals surface area contributed by atoms with Gasteiger partial charge in [-0.3, -0.25) is 10.1 Å². The molecule has 15 heavy (non-hydrogen) atoms. The van der Waals surface area contributed by atoms with Gasteiger partial charge in [0.25, 0.3) is 0 Å². The van der Waals surface area contributed by atoms with Crippen molar-refractivity contribution < 1.29 is 4.92 Å². The van der Waals surface area contributed by atoms with Gasteiger partial charge in [-0.05, 0) is 18.4 Å². The summed E-state index contributed by atoms with van der Waals surface area (Å²) >= 11 is 0. The van der Waals surface area contributed by atoms with Gasteiger partial charge in [0.2, 0.25) is 5.82 Å². The zero-order valence-corrected chi connectivity index (χ0v) is 8.35. The van der Waals surface area contributed by atoms with Gasteiger partial charge in [0.05, 0.1) is 4.92 Å². The molecule has 0 atom stereocenters. The van der Waals surface area contributed by atoms with Gasteiger partial charge in [-0.15, -0.1) is 0 Å². The number of nitrogens with zero attached hydrogens (tertiary/aromatic N) is 2. The van der Waals surface area contributed by atoms with Crippen molar-refractivity contribution in [2.45, 2.75) is 19.3 Å². The van der Waals surface area contributed by atoms with Gasteiger partial charge in [-0.1, -0.05) is 12.8 Å². The number of anilines is 1. The zero-order valence-electron chi connectivity index (χ0n) is 8.35. The molecule has 0 bridgehead atoms. The second kappa shape index (κ2) is 4.25. The Morgan fingerprint density at radius 1 is 1.60 bits per heavy atom. The number of hydrogen-bond donors (Lipinski definition) is 1. The molecule has 1 fully saturated rings.